The van der Waals surface area contributed by atoms with Crippen molar-refractivity contribution >= 4 is 41.8 Å². The van der Waals surface area contributed by atoms with Gasteiger partial charge >= 0.3 is 5.97 Å². The Morgan fingerprint density at radius 3 is 2.24 bits per heavy atom. The van der Waals surface area contributed by atoms with E-state index in [2.05, 4.69) is 15.8 Å². The molecule has 2 N–H and O–H groups in total. The van der Waals surface area contributed by atoms with Crippen LogP contribution < -0.4 is 15.5 Å². The summed E-state index contributed by atoms with van der Waals surface area (Å²) in [7, 11) is 0. The summed E-state index contributed by atoms with van der Waals surface area (Å²) in [6, 6.07) is 23.5. The number of amides is 2. The van der Waals surface area contributed by atoms with Gasteiger partial charge in [0.15, 0.2) is 0 Å². The Bertz CT molecular complexity index is 1610. The average Bonchev–Trinajstić information content (AvgIpc) is 3.51. The van der Waals surface area contributed by atoms with E-state index in [1.165, 1.54) is 55.0 Å². The monoisotopic (exact) mass is 550 g/mol. The third kappa shape index (κ3) is 8.45. The van der Waals surface area contributed by atoms with Crippen LogP contribution in [0.5, 0.6) is 5.75 Å². The SMILES string of the molecule is O=C(/C=C/c1ccco1)Oc1ccc(/C=N/NC(=O)/C(=C/c2ccc([N+](=O)[O-])cc2)NC(=O)c2ccccc2)cc1. The average molecular weight is 551 g/mol. The number of non-ortho nitro benzene ring substituents is 1. The van der Waals surface area contributed by atoms with Crippen LogP contribution in [-0.2, 0) is 9.59 Å². The van der Waals surface area contributed by atoms with Crippen LogP contribution in [0, 0.1) is 10.1 Å². The van der Waals surface area contributed by atoms with Gasteiger partial charge in [0.05, 0.1) is 17.4 Å². The molecule has 2 amide bonds. The number of carbonyl (C=O) groups is 3. The van der Waals surface area contributed by atoms with Crippen molar-refractivity contribution < 1.29 is 28.5 Å². The summed E-state index contributed by atoms with van der Waals surface area (Å²) in [4.78, 5) is 48.0. The number of hydrogen-bond donors (Lipinski definition) is 2. The van der Waals surface area contributed by atoms with Crippen LogP contribution in [0.3, 0.4) is 0 Å². The predicted octanol–water partition coefficient (Wildman–Crippen LogP) is 4.73. The summed E-state index contributed by atoms with van der Waals surface area (Å²) in [6.45, 7) is 0. The Morgan fingerprint density at radius 2 is 1.59 bits per heavy atom. The van der Waals surface area contributed by atoms with Crippen LogP contribution in [0.1, 0.15) is 27.2 Å². The standard InChI is InChI=1S/C30H22N4O7/c35-28(17-16-25-7-4-18-40-25)41-26-14-10-22(11-15-26)20-31-33-30(37)27(32-29(36)23-5-2-1-3-6-23)19-21-8-12-24(13-9-21)34(38)39/h1-20H,(H,32,36)(H,33,37)/b17-16+,27-19-,31-20+. The molecule has 0 atom stereocenters. The number of carbonyl (C=O) groups excluding carboxylic acids is 3. The maximum absolute atomic E-state index is 12.9. The number of nitro groups is 1. The molecular formula is C30H22N4O7. The molecule has 0 aliphatic carbocycles. The molecule has 0 radical (unpaired) electrons. The molecule has 0 aliphatic heterocycles. The van der Waals surface area contributed by atoms with Crippen molar-refractivity contribution in [3.05, 3.63) is 142 Å². The smallest absolute Gasteiger partial charge is 0.336 e. The molecule has 0 saturated carbocycles. The van der Waals surface area contributed by atoms with Crippen LogP contribution in [0.4, 0.5) is 5.69 Å². The second-order valence-corrected chi connectivity index (χ2v) is 8.26. The summed E-state index contributed by atoms with van der Waals surface area (Å²) in [6.07, 6.45) is 6.95. The molecule has 1 aromatic heterocycles. The molecule has 0 saturated heterocycles. The molecule has 204 valence electrons. The fourth-order valence-electron chi connectivity index (χ4n) is 3.34. The van der Waals surface area contributed by atoms with Crippen molar-refractivity contribution in [1.82, 2.24) is 10.7 Å². The van der Waals surface area contributed by atoms with Gasteiger partial charge in [0.2, 0.25) is 0 Å². The Hall–Kier alpha value is -6.10. The van der Waals surface area contributed by atoms with E-state index in [9.17, 15) is 24.5 Å². The maximum atomic E-state index is 12.9. The third-order valence-electron chi connectivity index (χ3n) is 5.35. The van der Waals surface area contributed by atoms with Crippen LogP contribution in [0.25, 0.3) is 12.2 Å². The van der Waals surface area contributed by atoms with E-state index in [0.717, 1.165) is 0 Å². The zero-order chi connectivity index (χ0) is 29.0. The molecule has 0 unspecified atom stereocenters. The minimum atomic E-state index is -0.724. The molecule has 0 bridgehead atoms. The number of ether oxygens (including phenoxy) is 1. The summed E-state index contributed by atoms with van der Waals surface area (Å²) in [5.41, 5.74) is 3.47. The first-order valence-electron chi connectivity index (χ1n) is 12.1. The lowest BCUT2D eigenvalue weighted by atomic mass is 10.1. The first-order valence-corrected chi connectivity index (χ1v) is 12.1. The number of furan rings is 1. The van der Waals surface area contributed by atoms with Crippen molar-refractivity contribution in [2.24, 2.45) is 5.10 Å². The second kappa shape index (κ2) is 13.6. The van der Waals surface area contributed by atoms with Gasteiger partial charge in [-0.15, -0.1) is 0 Å². The number of hydrazone groups is 1. The number of nitrogens with zero attached hydrogens (tertiary/aromatic N) is 2. The highest BCUT2D eigenvalue weighted by atomic mass is 16.6. The van der Waals surface area contributed by atoms with Crippen LogP contribution in [0.2, 0.25) is 0 Å². The highest BCUT2D eigenvalue weighted by molar-refractivity contribution is 6.05. The Kier molecular flexibility index (Phi) is 9.28. The van der Waals surface area contributed by atoms with Crippen LogP contribution in [0.15, 0.2) is 119 Å². The molecule has 11 nitrogen and oxygen atoms in total. The Balaban J connectivity index is 1.41. The van der Waals surface area contributed by atoms with Gasteiger partial charge in [-0.3, -0.25) is 19.7 Å². The van der Waals surface area contributed by atoms with Crippen molar-refractivity contribution in [2.75, 3.05) is 0 Å². The van der Waals surface area contributed by atoms with E-state index in [-0.39, 0.29) is 11.4 Å². The summed E-state index contributed by atoms with van der Waals surface area (Å²) < 4.78 is 10.3. The first kappa shape index (κ1) is 27.9. The second-order valence-electron chi connectivity index (χ2n) is 8.26. The minimum Gasteiger partial charge on any atom is -0.465 e. The highest BCUT2D eigenvalue weighted by Gasteiger charge is 2.15. The van der Waals surface area contributed by atoms with Crippen molar-refractivity contribution in [1.29, 1.82) is 0 Å². The van der Waals surface area contributed by atoms with Gasteiger partial charge in [-0.25, -0.2) is 10.2 Å². The molecular weight excluding hydrogens is 528 g/mol. The van der Waals surface area contributed by atoms with Gasteiger partial charge in [0.25, 0.3) is 17.5 Å². The third-order valence-corrected chi connectivity index (χ3v) is 5.35. The van der Waals surface area contributed by atoms with E-state index in [1.807, 2.05) is 0 Å². The minimum absolute atomic E-state index is 0.114. The summed E-state index contributed by atoms with van der Waals surface area (Å²) in [5, 5.41) is 17.4. The van der Waals surface area contributed by atoms with E-state index in [4.69, 9.17) is 9.15 Å². The normalized spacial score (nSPS) is 11.4. The fourth-order valence-corrected chi connectivity index (χ4v) is 3.34. The first-order chi connectivity index (χ1) is 19.9. The summed E-state index contributed by atoms with van der Waals surface area (Å²) >= 11 is 0. The lowest BCUT2D eigenvalue weighted by molar-refractivity contribution is -0.384. The highest BCUT2D eigenvalue weighted by Crippen LogP contribution is 2.15. The molecule has 0 aliphatic rings. The van der Waals surface area contributed by atoms with Gasteiger partial charge in [0.1, 0.15) is 17.2 Å². The molecule has 0 spiro atoms. The molecule has 41 heavy (non-hydrogen) atoms. The summed E-state index contributed by atoms with van der Waals surface area (Å²) in [5.74, 6) is -1.02. The molecule has 11 heteroatoms. The van der Waals surface area contributed by atoms with Crippen molar-refractivity contribution in [3.8, 4) is 5.75 Å². The lowest BCUT2D eigenvalue weighted by Gasteiger charge is -2.09. The maximum Gasteiger partial charge on any atom is 0.336 e. The van der Waals surface area contributed by atoms with Crippen LogP contribution >= 0.6 is 0 Å². The molecule has 0 fully saturated rings. The van der Waals surface area contributed by atoms with E-state index < -0.39 is 22.7 Å². The molecule has 4 rings (SSSR count). The van der Waals surface area contributed by atoms with Gasteiger partial charge in [0, 0.05) is 23.8 Å². The van der Waals surface area contributed by atoms with Crippen molar-refractivity contribution in [2.45, 2.75) is 0 Å². The number of rotatable bonds is 10. The van der Waals surface area contributed by atoms with Gasteiger partial charge in [-0.05, 0) is 83.9 Å². The van der Waals surface area contributed by atoms with Crippen molar-refractivity contribution in [3.63, 3.8) is 0 Å². The Labute approximate surface area is 233 Å². The number of benzene rings is 3. The van der Waals surface area contributed by atoms with Gasteiger partial charge < -0.3 is 14.5 Å². The molecule has 1 heterocycles. The quantitative estimate of drug-likeness (QED) is 0.0723. The zero-order valence-corrected chi connectivity index (χ0v) is 21.3. The largest absolute Gasteiger partial charge is 0.465 e. The Morgan fingerprint density at radius 1 is 0.878 bits per heavy atom. The molecule has 3 aromatic carbocycles. The zero-order valence-electron chi connectivity index (χ0n) is 21.3. The van der Waals surface area contributed by atoms with Gasteiger partial charge in [-0.2, -0.15) is 5.10 Å². The number of nitrogens with one attached hydrogen (secondary N) is 2. The van der Waals surface area contributed by atoms with E-state index in [1.54, 1.807) is 66.7 Å². The van der Waals surface area contributed by atoms with Gasteiger partial charge in [-0.1, -0.05) is 18.2 Å². The van der Waals surface area contributed by atoms with E-state index in [0.29, 0.717) is 28.2 Å². The molecule has 4 aromatic rings. The fraction of sp³-hybridized carbons (Fsp3) is 0. The van der Waals surface area contributed by atoms with Crippen LogP contribution in [-0.4, -0.2) is 28.9 Å². The van der Waals surface area contributed by atoms with E-state index >= 15 is 0 Å². The lowest BCUT2D eigenvalue weighted by Crippen LogP contribution is -2.32. The predicted molar refractivity (Wildman–Crippen MR) is 151 cm³/mol. The number of hydrogen-bond acceptors (Lipinski definition) is 8. The topological polar surface area (TPSA) is 153 Å². The number of nitro benzene ring substituents is 1. The number of esters is 1.